The molecular weight excluding hydrogens is 427 g/mol. The molecule has 160 valence electrons. The zero-order chi connectivity index (χ0) is 23.0. The van der Waals surface area contributed by atoms with Gasteiger partial charge in [0.2, 0.25) is 0 Å². The van der Waals surface area contributed by atoms with Gasteiger partial charge in [-0.3, -0.25) is 19.7 Å². The number of benzene rings is 3. The fraction of sp³-hybridized carbons (Fsp3) is 0. The molecule has 0 bridgehead atoms. The van der Waals surface area contributed by atoms with Crippen molar-refractivity contribution in [2.75, 3.05) is 10.2 Å². The molecule has 1 aliphatic heterocycles. The van der Waals surface area contributed by atoms with Gasteiger partial charge in [0.1, 0.15) is 11.5 Å². The molecule has 1 heterocycles. The number of amides is 2. The lowest BCUT2D eigenvalue weighted by Gasteiger charge is -2.15. The molecule has 0 aliphatic carbocycles. The molecule has 3 aromatic carbocycles. The van der Waals surface area contributed by atoms with E-state index in [-0.39, 0.29) is 33.9 Å². The SMILES string of the molecule is O=C1C(Nc2ccc(F)cc2)=C(c2ccc([N+](=O)[O-])cc2)C(=O)N1c1ccc(F)c(F)c1. The van der Waals surface area contributed by atoms with Gasteiger partial charge in [-0.25, -0.2) is 18.1 Å². The van der Waals surface area contributed by atoms with E-state index in [1.54, 1.807) is 0 Å². The van der Waals surface area contributed by atoms with E-state index in [1.807, 2.05) is 0 Å². The molecule has 2 amide bonds. The summed E-state index contributed by atoms with van der Waals surface area (Å²) in [7, 11) is 0. The maximum Gasteiger partial charge on any atom is 0.282 e. The van der Waals surface area contributed by atoms with E-state index in [0.29, 0.717) is 11.0 Å². The lowest BCUT2D eigenvalue weighted by atomic mass is 10.0. The van der Waals surface area contributed by atoms with Crippen molar-refractivity contribution in [3.63, 3.8) is 0 Å². The summed E-state index contributed by atoms with van der Waals surface area (Å²) in [6, 6.07) is 12.4. The van der Waals surface area contributed by atoms with Crippen molar-refractivity contribution in [3.05, 3.63) is 106 Å². The molecule has 0 fully saturated rings. The highest BCUT2D eigenvalue weighted by Crippen LogP contribution is 2.34. The van der Waals surface area contributed by atoms with Gasteiger partial charge in [-0.05, 0) is 54.1 Å². The number of carbonyl (C=O) groups is 2. The maximum atomic E-state index is 13.8. The monoisotopic (exact) mass is 439 g/mol. The second-order valence-corrected chi connectivity index (χ2v) is 6.73. The van der Waals surface area contributed by atoms with Crippen LogP contribution in [0, 0.1) is 27.6 Å². The lowest BCUT2D eigenvalue weighted by Crippen LogP contribution is -2.32. The van der Waals surface area contributed by atoms with E-state index in [9.17, 15) is 32.9 Å². The number of hydrogen-bond acceptors (Lipinski definition) is 5. The topological polar surface area (TPSA) is 92.5 Å². The smallest absolute Gasteiger partial charge is 0.282 e. The van der Waals surface area contributed by atoms with Crippen LogP contribution in [0.2, 0.25) is 0 Å². The highest BCUT2D eigenvalue weighted by atomic mass is 19.2. The molecule has 1 aliphatic rings. The van der Waals surface area contributed by atoms with Crippen molar-refractivity contribution < 1.29 is 27.7 Å². The minimum Gasteiger partial charge on any atom is -0.350 e. The quantitative estimate of drug-likeness (QED) is 0.361. The minimum absolute atomic E-state index is 0.140. The van der Waals surface area contributed by atoms with E-state index in [1.165, 1.54) is 24.3 Å². The summed E-state index contributed by atoms with van der Waals surface area (Å²) < 4.78 is 40.4. The van der Waals surface area contributed by atoms with Crippen molar-refractivity contribution in [2.45, 2.75) is 0 Å². The standard InChI is InChI=1S/C22H12F3N3O4/c23-13-3-5-14(6-4-13)26-20-19(12-1-7-15(8-2-12)28(31)32)21(29)27(22(20)30)16-9-10-17(24)18(25)11-16/h1-11,26H. The molecule has 1 N–H and O–H groups in total. The highest BCUT2D eigenvalue weighted by molar-refractivity contribution is 6.46. The number of nitro benzene ring substituents is 1. The van der Waals surface area contributed by atoms with E-state index in [0.717, 1.165) is 36.4 Å². The normalized spacial score (nSPS) is 13.7. The highest BCUT2D eigenvalue weighted by Gasteiger charge is 2.40. The maximum absolute atomic E-state index is 13.8. The van der Waals surface area contributed by atoms with Crippen molar-refractivity contribution in [1.82, 2.24) is 0 Å². The molecule has 10 heteroatoms. The fourth-order valence-corrected chi connectivity index (χ4v) is 3.20. The fourth-order valence-electron chi connectivity index (χ4n) is 3.20. The van der Waals surface area contributed by atoms with Crippen LogP contribution in [-0.2, 0) is 9.59 Å². The van der Waals surface area contributed by atoms with Gasteiger partial charge in [0.15, 0.2) is 11.6 Å². The predicted molar refractivity (Wildman–Crippen MR) is 109 cm³/mol. The molecule has 0 saturated heterocycles. The Kier molecular flexibility index (Phi) is 5.19. The summed E-state index contributed by atoms with van der Waals surface area (Å²) in [4.78, 5) is 37.3. The Bertz CT molecular complexity index is 1290. The Morgan fingerprint density at radius 3 is 2.06 bits per heavy atom. The van der Waals surface area contributed by atoms with E-state index in [4.69, 9.17) is 0 Å². The summed E-state index contributed by atoms with van der Waals surface area (Å²) in [6.45, 7) is 0. The summed E-state index contributed by atoms with van der Waals surface area (Å²) in [6.07, 6.45) is 0. The number of carbonyl (C=O) groups excluding carboxylic acids is 2. The van der Waals surface area contributed by atoms with Gasteiger partial charge >= 0.3 is 0 Å². The molecule has 32 heavy (non-hydrogen) atoms. The van der Waals surface area contributed by atoms with Crippen molar-refractivity contribution >= 4 is 34.4 Å². The molecule has 0 radical (unpaired) electrons. The number of nitrogens with zero attached hydrogens (tertiary/aromatic N) is 2. The first-order chi connectivity index (χ1) is 15.3. The Labute approximate surface area is 178 Å². The van der Waals surface area contributed by atoms with Gasteiger partial charge in [-0.2, -0.15) is 0 Å². The van der Waals surface area contributed by atoms with Crippen LogP contribution in [0.25, 0.3) is 5.57 Å². The van der Waals surface area contributed by atoms with Crippen molar-refractivity contribution in [1.29, 1.82) is 0 Å². The number of nitrogens with one attached hydrogen (secondary N) is 1. The van der Waals surface area contributed by atoms with Gasteiger partial charge in [-0.15, -0.1) is 0 Å². The third kappa shape index (κ3) is 3.69. The van der Waals surface area contributed by atoms with Crippen LogP contribution in [-0.4, -0.2) is 16.7 Å². The molecule has 0 unspecified atom stereocenters. The van der Waals surface area contributed by atoms with E-state index < -0.39 is 34.2 Å². The van der Waals surface area contributed by atoms with Crippen molar-refractivity contribution in [3.8, 4) is 0 Å². The first kappa shape index (κ1) is 20.8. The first-order valence-electron chi connectivity index (χ1n) is 9.12. The predicted octanol–water partition coefficient (Wildman–Crippen LogP) is 4.41. The van der Waals surface area contributed by atoms with Gasteiger partial charge in [0.25, 0.3) is 17.5 Å². The Morgan fingerprint density at radius 2 is 1.47 bits per heavy atom. The van der Waals surface area contributed by atoms with Crippen molar-refractivity contribution in [2.24, 2.45) is 0 Å². The van der Waals surface area contributed by atoms with Crippen LogP contribution in [0.5, 0.6) is 0 Å². The number of nitro groups is 1. The molecule has 7 nitrogen and oxygen atoms in total. The minimum atomic E-state index is -1.25. The van der Waals surface area contributed by atoms with E-state index in [2.05, 4.69) is 5.32 Å². The van der Waals surface area contributed by atoms with Crippen LogP contribution >= 0.6 is 0 Å². The number of non-ortho nitro benzene ring substituents is 1. The van der Waals surface area contributed by atoms with Gasteiger partial charge in [0, 0.05) is 23.9 Å². The lowest BCUT2D eigenvalue weighted by molar-refractivity contribution is -0.384. The van der Waals surface area contributed by atoms with Crippen LogP contribution in [0.4, 0.5) is 30.2 Å². The summed E-state index contributed by atoms with van der Waals surface area (Å²) in [5, 5.41) is 13.7. The molecule has 0 atom stereocenters. The van der Waals surface area contributed by atoms with Crippen LogP contribution in [0.15, 0.2) is 72.4 Å². The first-order valence-corrected chi connectivity index (χ1v) is 9.12. The van der Waals surface area contributed by atoms with Gasteiger partial charge in [-0.1, -0.05) is 0 Å². The summed E-state index contributed by atoms with van der Waals surface area (Å²) in [5.41, 5.74) is -0.303. The van der Waals surface area contributed by atoms with Crippen LogP contribution in [0.3, 0.4) is 0 Å². The number of halogens is 3. The molecular formula is C22H12F3N3O4. The third-order valence-electron chi connectivity index (χ3n) is 4.73. The van der Waals surface area contributed by atoms with Crippen LogP contribution in [0.1, 0.15) is 5.56 Å². The zero-order valence-electron chi connectivity index (χ0n) is 16.0. The zero-order valence-corrected chi connectivity index (χ0v) is 16.0. The second kappa shape index (κ2) is 7.99. The Morgan fingerprint density at radius 1 is 0.812 bits per heavy atom. The van der Waals surface area contributed by atoms with Gasteiger partial charge in [0.05, 0.1) is 16.2 Å². The molecule has 0 saturated carbocycles. The van der Waals surface area contributed by atoms with Gasteiger partial charge < -0.3 is 5.32 Å². The van der Waals surface area contributed by atoms with E-state index >= 15 is 0 Å². The molecule has 0 spiro atoms. The molecule has 4 rings (SSSR count). The summed E-state index contributed by atoms with van der Waals surface area (Å²) in [5.74, 6) is -4.63. The third-order valence-corrected chi connectivity index (χ3v) is 4.73. The Balaban J connectivity index is 1.82. The largest absolute Gasteiger partial charge is 0.350 e. The number of anilines is 2. The van der Waals surface area contributed by atoms with Crippen LogP contribution < -0.4 is 10.2 Å². The Hall–Kier alpha value is -4.47. The molecule has 0 aromatic heterocycles. The number of hydrogen-bond donors (Lipinski definition) is 1. The number of rotatable bonds is 5. The average molecular weight is 439 g/mol. The number of imide groups is 1. The second-order valence-electron chi connectivity index (χ2n) is 6.73. The summed E-state index contributed by atoms with van der Waals surface area (Å²) >= 11 is 0. The molecule has 3 aromatic rings. The average Bonchev–Trinajstić information content (AvgIpc) is 3.01.